The van der Waals surface area contributed by atoms with Gasteiger partial charge in [-0.05, 0) is 35.4 Å². The second kappa shape index (κ2) is 4.53. The number of rotatable bonds is 2. The van der Waals surface area contributed by atoms with Gasteiger partial charge in [-0.2, -0.15) is 0 Å². The van der Waals surface area contributed by atoms with Crippen LogP contribution < -0.4 is 11.5 Å². The summed E-state index contributed by atoms with van der Waals surface area (Å²) in [7, 11) is 0. The van der Waals surface area contributed by atoms with E-state index in [9.17, 15) is 0 Å². The minimum Gasteiger partial charge on any atom is -0.399 e. The number of hydrogen-bond acceptors (Lipinski definition) is 2. The van der Waals surface area contributed by atoms with E-state index in [1.807, 2.05) is 60.7 Å². The molecule has 0 aromatic heterocycles. The van der Waals surface area contributed by atoms with Gasteiger partial charge in [-0.15, -0.1) is 0 Å². The van der Waals surface area contributed by atoms with Crippen molar-refractivity contribution in [3.8, 4) is 0 Å². The molecule has 0 atom stereocenters. The van der Waals surface area contributed by atoms with E-state index in [-0.39, 0.29) is 0 Å². The Morgan fingerprint density at radius 3 is 2.06 bits per heavy atom. The van der Waals surface area contributed by atoms with Crippen LogP contribution in [0.15, 0.2) is 48.5 Å². The van der Waals surface area contributed by atoms with Crippen LogP contribution in [-0.2, 0) is 0 Å². The Morgan fingerprint density at radius 2 is 1.38 bits per heavy atom. The van der Waals surface area contributed by atoms with Crippen molar-refractivity contribution in [2.45, 2.75) is 0 Å². The lowest BCUT2D eigenvalue weighted by Crippen LogP contribution is -1.84. The number of nitrogens with two attached hydrogens (primary N) is 2. The maximum Gasteiger partial charge on any atom is 0.0319 e. The number of anilines is 2. The van der Waals surface area contributed by atoms with E-state index in [2.05, 4.69) is 0 Å². The molecule has 0 aliphatic rings. The fourth-order valence-electron chi connectivity index (χ4n) is 1.46. The third kappa shape index (κ3) is 2.64. The first-order valence-electron chi connectivity index (χ1n) is 5.13. The van der Waals surface area contributed by atoms with Crippen LogP contribution in [0.1, 0.15) is 11.1 Å². The topological polar surface area (TPSA) is 52.0 Å². The Kier molecular flexibility index (Phi) is 2.92. The van der Waals surface area contributed by atoms with E-state index in [1.54, 1.807) is 0 Å². The van der Waals surface area contributed by atoms with Crippen LogP contribution in [0.3, 0.4) is 0 Å². The zero-order valence-corrected chi connectivity index (χ0v) is 8.93. The second-order valence-electron chi connectivity index (χ2n) is 3.67. The van der Waals surface area contributed by atoms with Crippen molar-refractivity contribution >= 4 is 23.5 Å². The molecule has 0 aliphatic heterocycles. The smallest absolute Gasteiger partial charge is 0.0319 e. The van der Waals surface area contributed by atoms with Gasteiger partial charge in [-0.1, -0.05) is 36.4 Å². The summed E-state index contributed by atoms with van der Waals surface area (Å²) in [5, 5.41) is 0. The van der Waals surface area contributed by atoms with Gasteiger partial charge in [0.2, 0.25) is 0 Å². The van der Waals surface area contributed by atoms with Gasteiger partial charge in [0.15, 0.2) is 0 Å². The molecule has 0 spiro atoms. The van der Waals surface area contributed by atoms with Gasteiger partial charge >= 0.3 is 0 Å². The summed E-state index contributed by atoms with van der Waals surface area (Å²) in [6.07, 6.45) is 4.07. The van der Waals surface area contributed by atoms with Gasteiger partial charge in [0.05, 0.1) is 0 Å². The lowest BCUT2D eigenvalue weighted by atomic mass is 10.1. The van der Waals surface area contributed by atoms with Crippen molar-refractivity contribution < 1.29 is 0 Å². The SMILES string of the molecule is Nc1ccc(/C=C/c2cccc(N)c2)cc1. The molecule has 2 aromatic carbocycles. The van der Waals surface area contributed by atoms with Crippen LogP contribution >= 0.6 is 0 Å². The Bertz CT molecular complexity index is 498. The highest BCUT2D eigenvalue weighted by atomic mass is 14.5. The summed E-state index contributed by atoms with van der Waals surface area (Å²) in [4.78, 5) is 0. The summed E-state index contributed by atoms with van der Waals surface area (Å²) >= 11 is 0. The van der Waals surface area contributed by atoms with E-state index in [4.69, 9.17) is 11.5 Å². The van der Waals surface area contributed by atoms with Gasteiger partial charge in [-0.25, -0.2) is 0 Å². The molecule has 4 N–H and O–H groups in total. The van der Waals surface area contributed by atoms with Crippen molar-refractivity contribution in [1.29, 1.82) is 0 Å². The highest BCUT2D eigenvalue weighted by molar-refractivity contribution is 5.71. The lowest BCUT2D eigenvalue weighted by Gasteiger charge is -1.97. The standard InChI is InChI=1S/C14H14N2/c15-13-8-6-11(7-9-13)4-5-12-2-1-3-14(16)10-12/h1-10H,15-16H2/b5-4+. The number of hydrogen-bond donors (Lipinski definition) is 2. The van der Waals surface area contributed by atoms with Crippen LogP contribution in [0.5, 0.6) is 0 Å². The fraction of sp³-hybridized carbons (Fsp3) is 0. The molecule has 0 amide bonds. The summed E-state index contributed by atoms with van der Waals surface area (Å²) in [6, 6.07) is 15.5. The third-order valence-electron chi connectivity index (χ3n) is 2.32. The van der Waals surface area contributed by atoms with Gasteiger partial charge < -0.3 is 11.5 Å². The molecule has 2 nitrogen and oxygen atoms in total. The molecule has 0 aliphatic carbocycles. The van der Waals surface area contributed by atoms with Crippen LogP contribution in [0.2, 0.25) is 0 Å². The molecule has 0 unspecified atom stereocenters. The van der Waals surface area contributed by atoms with Gasteiger partial charge in [0.1, 0.15) is 0 Å². The third-order valence-corrected chi connectivity index (χ3v) is 2.32. The quantitative estimate of drug-likeness (QED) is 0.591. The maximum atomic E-state index is 5.70. The molecule has 0 bridgehead atoms. The number of nitrogen functional groups attached to an aromatic ring is 2. The van der Waals surface area contributed by atoms with E-state index in [0.29, 0.717) is 0 Å². The molecule has 0 saturated heterocycles. The molecule has 2 rings (SSSR count). The van der Waals surface area contributed by atoms with Crippen molar-refractivity contribution in [3.63, 3.8) is 0 Å². The summed E-state index contributed by atoms with van der Waals surface area (Å²) in [6.45, 7) is 0. The Labute approximate surface area is 95.2 Å². The van der Waals surface area contributed by atoms with Crippen LogP contribution in [0, 0.1) is 0 Å². The molecule has 0 heterocycles. The van der Waals surface area contributed by atoms with Gasteiger partial charge in [-0.3, -0.25) is 0 Å². The molecule has 2 aromatic rings. The Hall–Kier alpha value is -2.22. The normalized spacial score (nSPS) is 10.8. The molecule has 2 heteroatoms. The van der Waals surface area contributed by atoms with E-state index in [0.717, 1.165) is 22.5 Å². The lowest BCUT2D eigenvalue weighted by molar-refractivity contribution is 1.63. The highest BCUT2D eigenvalue weighted by Gasteiger charge is 1.89. The van der Waals surface area contributed by atoms with Crippen molar-refractivity contribution in [3.05, 3.63) is 59.7 Å². The van der Waals surface area contributed by atoms with E-state index in [1.165, 1.54) is 0 Å². The average Bonchev–Trinajstić information content (AvgIpc) is 2.28. The molecule has 0 radical (unpaired) electrons. The van der Waals surface area contributed by atoms with Crippen LogP contribution in [-0.4, -0.2) is 0 Å². The molecule has 0 fully saturated rings. The summed E-state index contributed by atoms with van der Waals surface area (Å²) in [5.41, 5.74) is 15.1. The first-order chi connectivity index (χ1) is 7.74. The van der Waals surface area contributed by atoms with Crippen molar-refractivity contribution in [2.75, 3.05) is 11.5 Å². The second-order valence-corrected chi connectivity index (χ2v) is 3.67. The Balaban J connectivity index is 2.18. The fourth-order valence-corrected chi connectivity index (χ4v) is 1.46. The van der Waals surface area contributed by atoms with Crippen LogP contribution in [0.4, 0.5) is 11.4 Å². The zero-order chi connectivity index (χ0) is 11.4. The molecular weight excluding hydrogens is 196 g/mol. The average molecular weight is 210 g/mol. The number of benzene rings is 2. The van der Waals surface area contributed by atoms with Crippen LogP contribution in [0.25, 0.3) is 12.2 Å². The zero-order valence-electron chi connectivity index (χ0n) is 8.93. The molecule has 0 saturated carbocycles. The Morgan fingerprint density at radius 1 is 0.688 bits per heavy atom. The maximum absolute atomic E-state index is 5.70. The largest absolute Gasteiger partial charge is 0.399 e. The highest BCUT2D eigenvalue weighted by Crippen LogP contribution is 2.12. The monoisotopic (exact) mass is 210 g/mol. The molecule has 80 valence electrons. The first kappa shape index (κ1) is 10.3. The van der Waals surface area contributed by atoms with Gasteiger partial charge in [0, 0.05) is 11.4 Å². The van der Waals surface area contributed by atoms with Crippen molar-refractivity contribution in [2.24, 2.45) is 0 Å². The molecular formula is C14H14N2. The van der Waals surface area contributed by atoms with Gasteiger partial charge in [0.25, 0.3) is 0 Å². The van der Waals surface area contributed by atoms with E-state index < -0.39 is 0 Å². The molecule has 16 heavy (non-hydrogen) atoms. The van der Waals surface area contributed by atoms with Crippen molar-refractivity contribution in [1.82, 2.24) is 0 Å². The van der Waals surface area contributed by atoms with E-state index >= 15 is 0 Å². The predicted octanol–water partition coefficient (Wildman–Crippen LogP) is 3.02. The summed E-state index contributed by atoms with van der Waals surface area (Å²) in [5.74, 6) is 0. The first-order valence-corrected chi connectivity index (χ1v) is 5.13. The minimum absolute atomic E-state index is 0.777. The summed E-state index contributed by atoms with van der Waals surface area (Å²) < 4.78 is 0. The minimum atomic E-state index is 0.777. The predicted molar refractivity (Wildman–Crippen MR) is 70.6 cm³/mol.